The van der Waals surface area contributed by atoms with Crippen molar-refractivity contribution >= 4 is 0 Å². The first-order chi connectivity index (χ1) is 4.93. The maximum absolute atomic E-state index is 5.34. The summed E-state index contributed by atoms with van der Waals surface area (Å²) in [6, 6.07) is 3.94. The van der Waals surface area contributed by atoms with E-state index in [1.54, 1.807) is 6.20 Å². The number of hydrogen-bond acceptors (Lipinski definition) is 2. The lowest BCUT2D eigenvalue weighted by Gasteiger charge is -1.94. The first-order valence-electron chi connectivity index (χ1n) is 3.45. The van der Waals surface area contributed by atoms with E-state index in [4.69, 9.17) is 5.73 Å². The first kappa shape index (κ1) is 7.22. The molecule has 10 heavy (non-hydrogen) atoms. The van der Waals surface area contributed by atoms with Gasteiger partial charge in [0.05, 0.1) is 6.20 Å². The molecule has 1 heterocycles. The summed E-state index contributed by atoms with van der Waals surface area (Å²) in [5.74, 6) is 0. The standard InChI is InChI=1S/C8H11N2/c9-5-1-3-8-4-2-6-10-7-8/h2,4,6H,1,3,5,9H2. The average molecular weight is 135 g/mol. The minimum atomic E-state index is 0.739. The highest BCUT2D eigenvalue weighted by atomic mass is 14.6. The summed E-state index contributed by atoms with van der Waals surface area (Å²) < 4.78 is 0. The van der Waals surface area contributed by atoms with Crippen molar-refractivity contribution in [1.82, 2.24) is 4.98 Å². The van der Waals surface area contributed by atoms with E-state index < -0.39 is 0 Å². The van der Waals surface area contributed by atoms with Gasteiger partial charge in [0.25, 0.3) is 0 Å². The minimum Gasteiger partial charge on any atom is -0.330 e. The molecule has 0 unspecified atom stereocenters. The molecular formula is C8H11N2. The SMILES string of the molecule is NCCCc1[c]nccc1. The molecule has 0 aliphatic heterocycles. The quantitative estimate of drug-likeness (QED) is 0.665. The molecular weight excluding hydrogens is 124 g/mol. The molecule has 1 radical (unpaired) electrons. The zero-order valence-corrected chi connectivity index (χ0v) is 5.88. The van der Waals surface area contributed by atoms with Gasteiger partial charge in [0, 0.05) is 6.20 Å². The normalized spacial score (nSPS) is 9.70. The largest absolute Gasteiger partial charge is 0.330 e. The summed E-state index contributed by atoms with van der Waals surface area (Å²) in [6.07, 6.45) is 6.63. The Labute approximate surface area is 61.1 Å². The molecule has 1 rings (SSSR count). The van der Waals surface area contributed by atoms with Crippen LogP contribution >= 0.6 is 0 Å². The molecule has 2 heteroatoms. The molecule has 2 N–H and O–H groups in total. The van der Waals surface area contributed by atoms with E-state index in [0.717, 1.165) is 24.9 Å². The van der Waals surface area contributed by atoms with Crippen LogP contribution < -0.4 is 5.73 Å². The van der Waals surface area contributed by atoms with Crippen molar-refractivity contribution in [3.8, 4) is 0 Å². The van der Waals surface area contributed by atoms with Gasteiger partial charge in [-0.05, 0) is 31.0 Å². The monoisotopic (exact) mass is 135 g/mol. The second-order valence-corrected chi connectivity index (χ2v) is 2.17. The van der Waals surface area contributed by atoms with Crippen molar-refractivity contribution in [2.24, 2.45) is 5.73 Å². The van der Waals surface area contributed by atoms with Gasteiger partial charge in [-0.3, -0.25) is 4.98 Å². The third-order valence-corrected chi connectivity index (χ3v) is 1.32. The Morgan fingerprint density at radius 1 is 1.60 bits per heavy atom. The molecule has 0 bridgehead atoms. The first-order valence-corrected chi connectivity index (χ1v) is 3.45. The van der Waals surface area contributed by atoms with Gasteiger partial charge < -0.3 is 5.73 Å². The van der Waals surface area contributed by atoms with E-state index >= 15 is 0 Å². The van der Waals surface area contributed by atoms with Crippen molar-refractivity contribution in [3.63, 3.8) is 0 Å². The van der Waals surface area contributed by atoms with Crippen LogP contribution in [0.5, 0.6) is 0 Å². The molecule has 0 aliphatic carbocycles. The number of pyridine rings is 1. The summed E-state index contributed by atoms with van der Waals surface area (Å²) in [4.78, 5) is 3.87. The smallest absolute Gasteiger partial charge is 0.0920 e. The molecule has 2 nitrogen and oxygen atoms in total. The molecule has 0 amide bonds. The Kier molecular flexibility index (Phi) is 2.90. The third kappa shape index (κ3) is 2.15. The van der Waals surface area contributed by atoms with Crippen molar-refractivity contribution in [1.29, 1.82) is 0 Å². The van der Waals surface area contributed by atoms with Crippen LogP contribution in [0.25, 0.3) is 0 Å². The Morgan fingerprint density at radius 3 is 3.10 bits per heavy atom. The summed E-state index contributed by atoms with van der Waals surface area (Å²) in [6.45, 7) is 0.739. The molecule has 0 spiro atoms. The highest BCUT2D eigenvalue weighted by Crippen LogP contribution is 1.97. The second kappa shape index (κ2) is 4.01. The molecule has 0 saturated carbocycles. The lowest BCUT2D eigenvalue weighted by Crippen LogP contribution is -2.00. The average Bonchev–Trinajstić information content (AvgIpc) is 2.03. The molecule has 53 valence electrons. The van der Waals surface area contributed by atoms with Gasteiger partial charge >= 0.3 is 0 Å². The highest BCUT2D eigenvalue weighted by molar-refractivity contribution is 5.06. The number of rotatable bonds is 3. The third-order valence-electron chi connectivity index (χ3n) is 1.32. The maximum Gasteiger partial charge on any atom is 0.0920 e. The molecule has 0 aliphatic rings. The lowest BCUT2D eigenvalue weighted by molar-refractivity contribution is 0.827. The van der Waals surface area contributed by atoms with Gasteiger partial charge in [0.1, 0.15) is 0 Å². The highest BCUT2D eigenvalue weighted by Gasteiger charge is 1.89. The van der Waals surface area contributed by atoms with E-state index in [-0.39, 0.29) is 0 Å². The number of aromatic nitrogens is 1. The van der Waals surface area contributed by atoms with Crippen molar-refractivity contribution < 1.29 is 0 Å². The van der Waals surface area contributed by atoms with Crippen LogP contribution in [0.2, 0.25) is 0 Å². The van der Waals surface area contributed by atoms with E-state index in [0.29, 0.717) is 0 Å². The van der Waals surface area contributed by atoms with E-state index in [2.05, 4.69) is 11.2 Å². The minimum absolute atomic E-state index is 0.739. The van der Waals surface area contributed by atoms with Crippen LogP contribution in [0, 0.1) is 6.20 Å². The Balaban J connectivity index is 2.43. The maximum atomic E-state index is 5.34. The molecule has 0 saturated heterocycles. The van der Waals surface area contributed by atoms with Gasteiger partial charge in [0.15, 0.2) is 0 Å². The van der Waals surface area contributed by atoms with Crippen LogP contribution in [0.3, 0.4) is 0 Å². The fourth-order valence-electron chi connectivity index (χ4n) is 0.791. The summed E-state index contributed by atoms with van der Waals surface area (Å²) >= 11 is 0. The summed E-state index contributed by atoms with van der Waals surface area (Å²) in [7, 11) is 0. The Bertz CT molecular complexity index is 172. The predicted molar refractivity (Wildman–Crippen MR) is 40.4 cm³/mol. The van der Waals surface area contributed by atoms with Gasteiger partial charge in [-0.2, -0.15) is 0 Å². The molecule has 1 aromatic heterocycles. The number of nitrogens with zero attached hydrogens (tertiary/aromatic N) is 1. The number of hydrogen-bond donors (Lipinski definition) is 1. The lowest BCUT2D eigenvalue weighted by atomic mass is 10.2. The van der Waals surface area contributed by atoms with Crippen LogP contribution in [-0.2, 0) is 6.42 Å². The summed E-state index contributed by atoms with van der Waals surface area (Å²) in [5.41, 5.74) is 6.49. The van der Waals surface area contributed by atoms with Crippen molar-refractivity contribution in [2.75, 3.05) is 6.54 Å². The number of nitrogens with two attached hydrogens (primary N) is 1. The van der Waals surface area contributed by atoms with Crippen LogP contribution in [0.1, 0.15) is 12.0 Å². The molecule has 1 aromatic rings. The zero-order valence-electron chi connectivity index (χ0n) is 5.88. The Hall–Kier alpha value is -0.890. The van der Waals surface area contributed by atoms with Crippen LogP contribution in [-0.4, -0.2) is 11.5 Å². The molecule has 0 aromatic carbocycles. The zero-order chi connectivity index (χ0) is 7.23. The van der Waals surface area contributed by atoms with Crippen LogP contribution in [0.15, 0.2) is 18.3 Å². The fraction of sp³-hybridized carbons (Fsp3) is 0.375. The van der Waals surface area contributed by atoms with Gasteiger partial charge in [-0.15, -0.1) is 0 Å². The van der Waals surface area contributed by atoms with E-state index in [9.17, 15) is 0 Å². The molecule has 0 atom stereocenters. The van der Waals surface area contributed by atoms with E-state index in [1.165, 1.54) is 0 Å². The van der Waals surface area contributed by atoms with Gasteiger partial charge in [-0.25, -0.2) is 0 Å². The second-order valence-electron chi connectivity index (χ2n) is 2.17. The molecule has 0 fully saturated rings. The Morgan fingerprint density at radius 2 is 2.50 bits per heavy atom. The topological polar surface area (TPSA) is 38.9 Å². The van der Waals surface area contributed by atoms with Crippen molar-refractivity contribution in [3.05, 3.63) is 30.1 Å². The van der Waals surface area contributed by atoms with Gasteiger partial charge in [0.2, 0.25) is 0 Å². The fourth-order valence-corrected chi connectivity index (χ4v) is 0.791. The van der Waals surface area contributed by atoms with E-state index in [1.807, 2.05) is 12.1 Å². The van der Waals surface area contributed by atoms with Crippen molar-refractivity contribution in [2.45, 2.75) is 12.8 Å². The summed E-state index contributed by atoms with van der Waals surface area (Å²) in [5, 5.41) is 0. The van der Waals surface area contributed by atoms with Crippen LogP contribution in [0.4, 0.5) is 0 Å². The number of aryl methyl sites for hydroxylation is 1. The van der Waals surface area contributed by atoms with Gasteiger partial charge in [-0.1, -0.05) is 6.07 Å². The predicted octanol–water partition coefficient (Wildman–Crippen LogP) is 0.773.